The van der Waals surface area contributed by atoms with Gasteiger partial charge in [0.25, 0.3) is 0 Å². The summed E-state index contributed by atoms with van der Waals surface area (Å²) in [5.74, 6) is 1.68. The summed E-state index contributed by atoms with van der Waals surface area (Å²) in [6, 6.07) is 17.8. The van der Waals surface area contributed by atoms with Gasteiger partial charge in [-0.15, -0.1) is 11.8 Å². The van der Waals surface area contributed by atoms with Crippen molar-refractivity contribution in [3.63, 3.8) is 0 Å². The van der Waals surface area contributed by atoms with Crippen molar-refractivity contribution >= 4 is 23.4 Å². The molecule has 0 aliphatic heterocycles. The average Bonchev–Trinajstić information content (AvgIpc) is 2.55. The van der Waals surface area contributed by atoms with Crippen LogP contribution >= 0.6 is 11.8 Å². The second kappa shape index (κ2) is 9.15. The Labute approximate surface area is 136 Å². The van der Waals surface area contributed by atoms with Crippen molar-refractivity contribution in [2.45, 2.75) is 24.7 Å². The van der Waals surface area contributed by atoms with Crippen molar-refractivity contribution in [3.8, 4) is 5.75 Å². The molecule has 0 atom stereocenters. The van der Waals surface area contributed by atoms with E-state index in [1.807, 2.05) is 49.4 Å². The molecule has 0 fully saturated rings. The molecule has 0 unspecified atom stereocenters. The highest BCUT2D eigenvalue weighted by Crippen LogP contribution is 2.24. The zero-order valence-corrected chi connectivity index (χ0v) is 13.6. The minimum absolute atomic E-state index is 0.0285. The van der Waals surface area contributed by atoms with Gasteiger partial charge in [-0.25, -0.2) is 0 Å². The molecule has 0 aliphatic carbocycles. The van der Waals surface area contributed by atoms with E-state index in [0.717, 1.165) is 23.6 Å². The van der Waals surface area contributed by atoms with E-state index in [9.17, 15) is 4.79 Å². The van der Waals surface area contributed by atoms with E-state index in [0.29, 0.717) is 13.0 Å². The van der Waals surface area contributed by atoms with Crippen LogP contribution in [0.25, 0.3) is 0 Å². The summed E-state index contributed by atoms with van der Waals surface area (Å²) in [7, 11) is 0. The first kappa shape index (κ1) is 16.4. The topological polar surface area (TPSA) is 38.3 Å². The lowest BCUT2D eigenvalue weighted by molar-refractivity contribution is -0.116. The van der Waals surface area contributed by atoms with Crippen LogP contribution in [0, 0.1) is 0 Å². The SMILES string of the molecule is CCOc1ccccc1NC(=O)CCCSc1ccccc1. The van der Waals surface area contributed by atoms with E-state index in [4.69, 9.17) is 4.74 Å². The van der Waals surface area contributed by atoms with Crippen molar-refractivity contribution in [2.24, 2.45) is 0 Å². The summed E-state index contributed by atoms with van der Waals surface area (Å²) >= 11 is 1.78. The Morgan fingerprint density at radius 1 is 1.09 bits per heavy atom. The van der Waals surface area contributed by atoms with Crippen molar-refractivity contribution < 1.29 is 9.53 Å². The number of rotatable bonds is 8. The fourth-order valence-electron chi connectivity index (χ4n) is 2.00. The first-order valence-electron chi connectivity index (χ1n) is 7.49. The lowest BCUT2D eigenvalue weighted by atomic mass is 10.2. The third kappa shape index (κ3) is 5.45. The Bertz CT molecular complexity index is 587. The number of ether oxygens (including phenoxy) is 1. The van der Waals surface area contributed by atoms with E-state index < -0.39 is 0 Å². The summed E-state index contributed by atoms with van der Waals surface area (Å²) in [6.45, 7) is 2.51. The number of hydrogen-bond donors (Lipinski definition) is 1. The highest BCUT2D eigenvalue weighted by Gasteiger charge is 2.07. The number of carbonyl (C=O) groups excluding carboxylic acids is 1. The first-order chi connectivity index (χ1) is 10.8. The van der Waals surface area contributed by atoms with Gasteiger partial charge in [0.15, 0.2) is 0 Å². The molecule has 0 aliphatic rings. The Balaban J connectivity index is 1.74. The molecule has 0 radical (unpaired) electrons. The summed E-state index contributed by atoms with van der Waals surface area (Å²) in [5, 5.41) is 2.92. The lowest BCUT2D eigenvalue weighted by Gasteiger charge is -2.11. The molecule has 3 nitrogen and oxygen atoms in total. The second-order valence-electron chi connectivity index (χ2n) is 4.74. The molecular weight excluding hydrogens is 294 g/mol. The fraction of sp³-hybridized carbons (Fsp3) is 0.278. The molecule has 0 saturated carbocycles. The van der Waals surface area contributed by atoms with Gasteiger partial charge in [0.1, 0.15) is 5.75 Å². The highest BCUT2D eigenvalue weighted by molar-refractivity contribution is 7.99. The van der Waals surface area contributed by atoms with Gasteiger partial charge in [-0.05, 0) is 43.4 Å². The van der Waals surface area contributed by atoms with Crippen LogP contribution in [0.15, 0.2) is 59.5 Å². The number of benzene rings is 2. The highest BCUT2D eigenvalue weighted by atomic mass is 32.2. The first-order valence-corrected chi connectivity index (χ1v) is 8.47. The number of carbonyl (C=O) groups is 1. The second-order valence-corrected chi connectivity index (χ2v) is 5.91. The van der Waals surface area contributed by atoms with Gasteiger partial charge < -0.3 is 10.1 Å². The molecule has 2 rings (SSSR count). The van der Waals surface area contributed by atoms with Crippen LogP contribution in [0.5, 0.6) is 5.75 Å². The Morgan fingerprint density at radius 3 is 2.59 bits per heavy atom. The average molecular weight is 315 g/mol. The quantitative estimate of drug-likeness (QED) is 0.571. The number of para-hydroxylation sites is 2. The molecule has 0 aromatic heterocycles. The van der Waals surface area contributed by atoms with Gasteiger partial charge in [0.05, 0.1) is 12.3 Å². The van der Waals surface area contributed by atoms with E-state index in [2.05, 4.69) is 17.4 Å². The van der Waals surface area contributed by atoms with Gasteiger partial charge in [-0.1, -0.05) is 30.3 Å². The molecule has 22 heavy (non-hydrogen) atoms. The number of nitrogens with one attached hydrogen (secondary N) is 1. The van der Waals surface area contributed by atoms with Gasteiger partial charge in [-0.3, -0.25) is 4.79 Å². The van der Waals surface area contributed by atoms with Crippen LogP contribution in [0.1, 0.15) is 19.8 Å². The van der Waals surface area contributed by atoms with E-state index in [1.54, 1.807) is 11.8 Å². The molecule has 1 amide bonds. The molecule has 0 saturated heterocycles. The number of hydrogen-bond acceptors (Lipinski definition) is 3. The minimum Gasteiger partial charge on any atom is -0.492 e. The lowest BCUT2D eigenvalue weighted by Crippen LogP contribution is -2.12. The van der Waals surface area contributed by atoms with E-state index in [1.165, 1.54) is 4.90 Å². The monoisotopic (exact) mass is 315 g/mol. The maximum Gasteiger partial charge on any atom is 0.224 e. The maximum absolute atomic E-state index is 12.0. The molecule has 116 valence electrons. The third-order valence-corrected chi connectivity index (χ3v) is 4.12. The summed E-state index contributed by atoms with van der Waals surface area (Å²) < 4.78 is 5.50. The van der Waals surface area contributed by atoms with E-state index >= 15 is 0 Å². The number of amides is 1. The molecule has 1 N–H and O–H groups in total. The van der Waals surface area contributed by atoms with Crippen LogP contribution in [0.4, 0.5) is 5.69 Å². The predicted molar refractivity (Wildman–Crippen MR) is 92.6 cm³/mol. The molecule has 2 aromatic rings. The number of anilines is 1. The van der Waals surface area contributed by atoms with Crippen molar-refractivity contribution in [1.82, 2.24) is 0 Å². The molecule has 0 heterocycles. The van der Waals surface area contributed by atoms with Gasteiger partial charge in [0.2, 0.25) is 5.91 Å². The fourth-order valence-corrected chi connectivity index (χ4v) is 2.88. The van der Waals surface area contributed by atoms with Crippen LogP contribution in [0.3, 0.4) is 0 Å². The maximum atomic E-state index is 12.0. The molecule has 0 spiro atoms. The zero-order valence-electron chi connectivity index (χ0n) is 12.7. The Hall–Kier alpha value is -1.94. The van der Waals surface area contributed by atoms with Gasteiger partial charge >= 0.3 is 0 Å². The summed E-state index contributed by atoms with van der Waals surface area (Å²) in [5.41, 5.74) is 0.741. The van der Waals surface area contributed by atoms with Gasteiger partial charge in [0, 0.05) is 11.3 Å². The zero-order chi connectivity index (χ0) is 15.6. The van der Waals surface area contributed by atoms with Crippen LogP contribution in [-0.2, 0) is 4.79 Å². The summed E-state index contributed by atoms with van der Waals surface area (Å²) in [6.07, 6.45) is 1.36. The predicted octanol–water partition coefficient (Wildman–Crippen LogP) is 4.60. The molecular formula is C18H21NO2S. The minimum atomic E-state index is 0.0285. The van der Waals surface area contributed by atoms with Gasteiger partial charge in [-0.2, -0.15) is 0 Å². The summed E-state index contributed by atoms with van der Waals surface area (Å²) in [4.78, 5) is 13.2. The Morgan fingerprint density at radius 2 is 1.82 bits per heavy atom. The standard InChI is InChI=1S/C18H21NO2S/c1-2-21-17-12-7-6-11-16(17)19-18(20)13-8-14-22-15-9-4-3-5-10-15/h3-7,9-12H,2,8,13-14H2,1H3,(H,19,20). The van der Waals surface area contributed by atoms with Crippen molar-refractivity contribution in [1.29, 1.82) is 0 Å². The normalized spacial score (nSPS) is 10.2. The van der Waals surface area contributed by atoms with Crippen LogP contribution in [0.2, 0.25) is 0 Å². The van der Waals surface area contributed by atoms with Crippen molar-refractivity contribution in [3.05, 3.63) is 54.6 Å². The van der Waals surface area contributed by atoms with Crippen molar-refractivity contribution in [2.75, 3.05) is 17.7 Å². The number of thioether (sulfide) groups is 1. The third-order valence-electron chi connectivity index (χ3n) is 3.02. The largest absolute Gasteiger partial charge is 0.492 e. The Kier molecular flexibility index (Phi) is 6.84. The smallest absolute Gasteiger partial charge is 0.224 e. The van der Waals surface area contributed by atoms with E-state index in [-0.39, 0.29) is 5.91 Å². The van der Waals surface area contributed by atoms with Crippen LogP contribution in [-0.4, -0.2) is 18.3 Å². The van der Waals surface area contributed by atoms with Crippen LogP contribution < -0.4 is 10.1 Å². The molecule has 2 aromatic carbocycles. The molecule has 4 heteroatoms. The molecule has 0 bridgehead atoms.